The number of benzene rings is 2. The zero-order valence-corrected chi connectivity index (χ0v) is 33.3. The van der Waals surface area contributed by atoms with Gasteiger partial charge in [-0.2, -0.15) is 0 Å². The highest BCUT2D eigenvalue weighted by atomic mass is 32.2. The third-order valence-electron chi connectivity index (χ3n) is 12.0. The van der Waals surface area contributed by atoms with Crippen LogP contribution in [-0.2, 0) is 24.4 Å². The third kappa shape index (κ3) is 7.61. The molecule has 4 aromatic rings. The monoisotopic (exact) mass is 817 g/mol. The number of sulfonamides is 1. The van der Waals surface area contributed by atoms with Crippen LogP contribution < -0.4 is 19.5 Å². The molecule has 2 aromatic heterocycles. The number of Topliss-reactive ketones (excluding diaryl/α,β-unsaturated/α-hetero) is 1. The Bertz CT molecular complexity index is 2400. The molecular formula is C41H44FN5O8S2. The van der Waals surface area contributed by atoms with E-state index in [9.17, 15) is 32.0 Å². The molecule has 2 aliphatic heterocycles. The Morgan fingerprint density at radius 3 is 2.60 bits per heavy atom. The van der Waals surface area contributed by atoms with E-state index in [1.54, 1.807) is 37.3 Å². The van der Waals surface area contributed by atoms with E-state index in [0.717, 1.165) is 24.4 Å². The van der Waals surface area contributed by atoms with Crippen molar-refractivity contribution in [3.05, 3.63) is 71.5 Å². The number of carbonyl (C=O) groups is 4. The second-order valence-corrected chi connectivity index (χ2v) is 19.0. The first-order valence-electron chi connectivity index (χ1n) is 19.3. The lowest BCUT2D eigenvalue weighted by Crippen LogP contribution is -2.52. The van der Waals surface area contributed by atoms with Gasteiger partial charge in [-0.15, -0.1) is 0 Å². The highest BCUT2D eigenvalue weighted by molar-refractivity contribution is 7.91. The van der Waals surface area contributed by atoms with E-state index in [4.69, 9.17) is 14.5 Å². The van der Waals surface area contributed by atoms with Gasteiger partial charge in [0.1, 0.15) is 28.6 Å². The van der Waals surface area contributed by atoms with Crippen molar-refractivity contribution < 1.29 is 41.5 Å². The minimum Gasteiger partial charge on any atom is -0.497 e. The van der Waals surface area contributed by atoms with Crippen LogP contribution in [0.25, 0.3) is 21.7 Å². The average Bonchev–Trinajstić information content (AvgIpc) is 3.93. The van der Waals surface area contributed by atoms with E-state index in [0.29, 0.717) is 64.4 Å². The Hall–Kier alpha value is -4.96. The summed E-state index contributed by atoms with van der Waals surface area (Å²) in [5.74, 6) is -2.14. The van der Waals surface area contributed by atoms with Crippen molar-refractivity contribution in [3.63, 3.8) is 0 Å². The predicted molar refractivity (Wildman–Crippen MR) is 211 cm³/mol. The first-order valence-corrected chi connectivity index (χ1v) is 21.6. The van der Waals surface area contributed by atoms with Gasteiger partial charge >= 0.3 is 0 Å². The number of fused-ring (bicyclic) bond motifs is 5. The summed E-state index contributed by atoms with van der Waals surface area (Å²) in [7, 11) is -2.45. The third-order valence-corrected chi connectivity index (χ3v) is 14.9. The molecule has 0 unspecified atom stereocenters. The van der Waals surface area contributed by atoms with Crippen LogP contribution in [0.1, 0.15) is 80.8 Å². The number of rotatable bonds is 8. The van der Waals surface area contributed by atoms with Gasteiger partial charge in [-0.1, -0.05) is 25.0 Å². The second-order valence-electron chi connectivity index (χ2n) is 15.9. The number of halogens is 1. The van der Waals surface area contributed by atoms with Crippen molar-refractivity contribution in [2.75, 3.05) is 13.7 Å². The molecule has 4 heterocycles. The van der Waals surface area contributed by atoms with Crippen molar-refractivity contribution >= 4 is 66.7 Å². The lowest BCUT2D eigenvalue weighted by Gasteiger charge is -2.29. The fourth-order valence-electron chi connectivity index (χ4n) is 8.15. The Morgan fingerprint density at radius 1 is 1.04 bits per heavy atom. The topological polar surface area (TPSA) is 174 Å². The van der Waals surface area contributed by atoms with Crippen LogP contribution in [0.4, 0.5) is 4.39 Å². The average molecular weight is 818 g/mol. The number of ether oxygens (including phenoxy) is 2. The van der Waals surface area contributed by atoms with E-state index < -0.39 is 67.7 Å². The zero-order chi connectivity index (χ0) is 40.1. The van der Waals surface area contributed by atoms with Gasteiger partial charge in [0.15, 0.2) is 5.78 Å². The summed E-state index contributed by atoms with van der Waals surface area (Å²) in [4.78, 5) is 63.1. The molecule has 8 rings (SSSR count). The van der Waals surface area contributed by atoms with Crippen molar-refractivity contribution in [2.45, 2.75) is 94.1 Å². The van der Waals surface area contributed by atoms with E-state index in [1.807, 2.05) is 12.2 Å². The molecule has 4 aliphatic rings. The molecule has 2 aromatic carbocycles. The standard InChI is InChI=1S/C41H44FN5O8S2/c1-40(15-16-40)57(52,53)46-39(51)41-21-24(41)8-6-4-3-5-7-9-31(44-36(49)35-14-17-43-56-35)38(50)47-23-27(20-33(47)34(48)22-41)55-37-29-12-10-25(42)18-30(29)28-13-11-26(54-2)19-32(28)45-37/h6,8,10-14,17-19,24,27,31,33H,3-5,7,9,15-16,20-23H2,1-2H3,(H,44,49)(H,46,51)/b8-6-/t24-,27-,31+,33+,41-/m1/s1. The maximum atomic E-state index is 14.7. The summed E-state index contributed by atoms with van der Waals surface area (Å²) in [6.07, 6.45) is 8.74. The van der Waals surface area contributed by atoms with Crippen molar-refractivity contribution in [1.29, 1.82) is 0 Å². The summed E-state index contributed by atoms with van der Waals surface area (Å²) in [5.41, 5.74) is -0.817. The molecule has 0 radical (unpaired) electrons. The first kappa shape index (κ1) is 38.9. The van der Waals surface area contributed by atoms with E-state index in [-0.39, 0.29) is 37.6 Å². The summed E-state index contributed by atoms with van der Waals surface area (Å²) >= 11 is 1.01. The SMILES string of the molecule is COc1ccc2c(c1)nc(O[C@@H]1C[C@H]3C(=O)C[C@]4(C(=O)NS(=O)(=O)C5(C)CC5)C[C@H]4/C=C\CCCCC[C@H](NC(=O)c4ccns4)C(=O)N3C1)c1ccc(F)cc12. The lowest BCUT2D eigenvalue weighted by atomic mass is 9.91. The molecule has 3 fully saturated rings. The first-order chi connectivity index (χ1) is 27.3. The predicted octanol–water partition coefficient (Wildman–Crippen LogP) is 5.62. The van der Waals surface area contributed by atoms with Crippen molar-refractivity contribution in [1.82, 2.24) is 24.3 Å². The summed E-state index contributed by atoms with van der Waals surface area (Å²) in [6, 6.07) is 9.07. The smallest absolute Gasteiger partial charge is 0.263 e. The van der Waals surface area contributed by atoms with Crippen molar-refractivity contribution in [3.8, 4) is 11.6 Å². The van der Waals surface area contributed by atoms with Gasteiger partial charge in [-0.25, -0.2) is 22.2 Å². The number of nitrogens with one attached hydrogen (secondary N) is 2. The van der Waals surface area contributed by atoms with Crippen LogP contribution in [0.2, 0.25) is 0 Å². The van der Waals surface area contributed by atoms with E-state index >= 15 is 0 Å². The Labute approximate surface area is 333 Å². The second kappa shape index (κ2) is 15.1. The van der Waals surface area contributed by atoms with Crippen molar-refractivity contribution in [2.24, 2.45) is 11.3 Å². The summed E-state index contributed by atoms with van der Waals surface area (Å²) in [5, 5.41) is 4.65. The molecule has 16 heteroatoms. The Kier molecular flexibility index (Phi) is 10.3. The van der Waals surface area contributed by atoms with Gasteiger partial charge in [-0.3, -0.25) is 23.9 Å². The molecule has 2 saturated carbocycles. The number of carbonyl (C=O) groups excluding carboxylic acids is 4. The van der Waals surface area contributed by atoms with E-state index in [2.05, 4.69) is 14.4 Å². The quantitative estimate of drug-likeness (QED) is 0.168. The zero-order valence-electron chi connectivity index (χ0n) is 31.7. The van der Waals surface area contributed by atoms with Crippen LogP contribution in [0.5, 0.6) is 11.6 Å². The maximum absolute atomic E-state index is 14.7. The van der Waals surface area contributed by atoms with E-state index in [1.165, 1.54) is 30.3 Å². The number of nitrogens with zero attached hydrogens (tertiary/aromatic N) is 3. The Morgan fingerprint density at radius 2 is 1.84 bits per heavy atom. The number of amides is 3. The summed E-state index contributed by atoms with van der Waals surface area (Å²) in [6.45, 7) is 1.55. The maximum Gasteiger partial charge on any atom is 0.263 e. The number of ketones is 1. The normalized spacial score (nSPS) is 26.8. The van der Waals surface area contributed by atoms with Crippen LogP contribution >= 0.6 is 11.5 Å². The molecule has 2 N–H and O–H groups in total. The molecule has 1 saturated heterocycles. The van der Waals surface area contributed by atoms with Crippen LogP contribution in [-0.4, -0.2) is 82.8 Å². The van der Waals surface area contributed by atoms with Gasteiger partial charge in [-0.05, 0) is 105 Å². The highest BCUT2D eigenvalue weighted by Crippen LogP contribution is 2.57. The number of methoxy groups -OCH3 is 1. The number of hydrogen-bond donors (Lipinski definition) is 2. The highest BCUT2D eigenvalue weighted by Gasteiger charge is 2.62. The van der Waals surface area contributed by atoms with Gasteiger partial charge in [0, 0.05) is 35.9 Å². The van der Waals surface area contributed by atoms with Gasteiger partial charge in [0.25, 0.3) is 5.91 Å². The fourth-order valence-corrected chi connectivity index (χ4v) is 9.98. The minimum atomic E-state index is -3.98. The number of hydrogen-bond acceptors (Lipinski definition) is 11. The number of allylic oxidation sites excluding steroid dienone is 2. The van der Waals surface area contributed by atoms with Gasteiger partial charge < -0.3 is 19.7 Å². The number of pyridine rings is 1. The van der Waals surface area contributed by atoms with Gasteiger partial charge in [0.05, 0.1) is 35.4 Å². The van der Waals surface area contributed by atoms with Gasteiger partial charge in [0.2, 0.25) is 27.7 Å². The molecule has 5 atom stereocenters. The minimum absolute atomic E-state index is 0.0369. The molecule has 2 aliphatic carbocycles. The number of aromatic nitrogens is 2. The molecule has 3 amide bonds. The fraction of sp³-hybridized carbons (Fsp3) is 0.463. The van der Waals surface area contributed by atoms with Crippen LogP contribution in [0.15, 0.2) is 60.8 Å². The van der Waals surface area contributed by atoms with Crippen LogP contribution in [0, 0.1) is 17.2 Å². The molecular weight excluding hydrogens is 774 g/mol. The Balaban J connectivity index is 1.14. The summed E-state index contributed by atoms with van der Waals surface area (Å²) < 4.78 is 58.3. The molecule has 0 spiro atoms. The molecule has 57 heavy (non-hydrogen) atoms. The molecule has 300 valence electrons. The largest absolute Gasteiger partial charge is 0.497 e. The lowest BCUT2D eigenvalue weighted by molar-refractivity contribution is -0.140. The molecule has 13 nitrogen and oxygen atoms in total. The van der Waals surface area contributed by atoms with Crippen LogP contribution in [0.3, 0.4) is 0 Å². The molecule has 0 bridgehead atoms.